The van der Waals surface area contributed by atoms with Gasteiger partial charge < -0.3 is 10.0 Å². The fourth-order valence-corrected chi connectivity index (χ4v) is 2.78. The van der Waals surface area contributed by atoms with Crippen molar-refractivity contribution < 1.29 is 10.0 Å². The summed E-state index contributed by atoms with van der Waals surface area (Å²) in [6, 6.07) is 14.4. The van der Waals surface area contributed by atoms with Crippen molar-refractivity contribution in [2.75, 3.05) is 0 Å². The Hall–Kier alpha value is -1.58. The Morgan fingerprint density at radius 3 is 2.23 bits per heavy atom. The van der Waals surface area contributed by atoms with Crippen molar-refractivity contribution in [1.29, 1.82) is 0 Å². The first-order valence-corrected chi connectivity index (χ1v) is 8.24. The van der Waals surface area contributed by atoms with Gasteiger partial charge in [0.05, 0.1) is 0 Å². The number of unbranched alkanes of at least 4 members (excludes halogenated alkanes) is 2. The summed E-state index contributed by atoms with van der Waals surface area (Å²) in [4.78, 5) is 0. The summed E-state index contributed by atoms with van der Waals surface area (Å²) in [6.07, 6.45) is 5.80. The molecule has 0 unspecified atom stereocenters. The minimum Gasteiger partial charge on any atom is -0.423 e. The zero-order valence-corrected chi connectivity index (χ0v) is 13.5. The lowest BCUT2D eigenvalue weighted by Gasteiger charge is -2.11. The van der Waals surface area contributed by atoms with E-state index in [1.165, 1.54) is 36.0 Å². The molecule has 2 aromatic rings. The third-order valence-corrected chi connectivity index (χ3v) is 4.14. The molecule has 0 aliphatic rings. The van der Waals surface area contributed by atoms with Gasteiger partial charge in [-0.15, -0.1) is 0 Å². The second-order valence-electron chi connectivity index (χ2n) is 5.80. The third-order valence-electron chi connectivity index (χ3n) is 4.14. The molecule has 0 saturated heterocycles. The summed E-state index contributed by atoms with van der Waals surface area (Å²) >= 11 is 0. The summed E-state index contributed by atoms with van der Waals surface area (Å²) in [5.41, 5.74) is 5.45. The minimum atomic E-state index is -1.40. The van der Waals surface area contributed by atoms with E-state index in [0.717, 1.165) is 18.4 Å². The fraction of sp³-hybridized carbons (Fsp3) is 0.368. The molecule has 0 radical (unpaired) electrons. The predicted octanol–water partition coefficient (Wildman–Crippen LogP) is 3.33. The molecule has 0 amide bonds. The molecule has 0 spiro atoms. The standard InChI is InChI=1S/C19H25BO2/c1-3-5-6-7-15-8-10-17(11-9-15)19-13-12-18(20(21)22)14-16(19)4-2/h8-14,21-22H,3-7H2,1-2H3. The van der Waals surface area contributed by atoms with E-state index in [1.54, 1.807) is 6.07 Å². The van der Waals surface area contributed by atoms with Crippen molar-refractivity contribution in [2.45, 2.75) is 46.0 Å². The molecule has 0 aliphatic carbocycles. The van der Waals surface area contributed by atoms with Crippen LogP contribution in [0.15, 0.2) is 42.5 Å². The SMILES string of the molecule is CCCCCc1ccc(-c2ccc(B(O)O)cc2CC)cc1. The van der Waals surface area contributed by atoms with E-state index < -0.39 is 7.12 Å². The van der Waals surface area contributed by atoms with Crippen molar-refractivity contribution in [3.05, 3.63) is 53.6 Å². The number of benzene rings is 2. The number of hydrogen-bond acceptors (Lipinski definition) is 2. The summed E-state index contributed by atoms with van der Waals surface area (Å²) in [6.45, 7) is 4.31. The predicted molar refractivity (Wildman–Crippen MR) is 94.3 cm³/mol. The zero-order chi connectivity index (χ0) is 15.9. The smallest absolute Gasteiger partial charge is 0.423 e. The van der Waals surface area contributed by atoms with Crippen LogP contribution in [0.25, 0.3) is 11.1 Å². The lowest BCUT2D eigenvalue weighted by molar-refractivity contribution is 0.425. The van der Waals surface area contributed by atoms with Gasteiger partial charge >= 0.3 is 7.12 Å². The Morgan fingerprint density at radius 2 is 1.64 bits per heavy atom. The van der Waals surface area contributed by atoms with Crippen LogP contribution in [0.2, 0.25) is 0 Å². The van der Waals surface area contributed by atoms with Crippen molar-refractivity contribution in [3.8, 4) is 11.1 Å². The minimum absolute atomic E-state index is 0.553. The van der Waals surface area contributed by atoms with E-state index in [1.807, 2.05) is 12.1 Å². The third kappa shape index (κ3) is 4.22. The van der Waals surface area contributed by atoms with Crippen molar-refractivity contribution in [3.63, 3.8) is 0 Å². The average molecular weight is 296 g/mol. The van der Waals surface area contributed by atoms with Gasteiger partial charge in [-0.25, -0.2) is 0 Å². The molecule has 0 aromatic heterocycles. The Bertz CT molecular complexity index is 591. The lowest BCUT2D eigenvalue weighted by Crippen LogP contribution is -2.30. The highest BCUT2D eigenvalue weighted by atomic mass is 16.4. The Morgan fingerprint density at radius 1 is 0.909 bits per heavy atom. The quantitative estimate of drug-likeness (QED) is 0.608. The van der Waals surface area contributed by atoms with E-state index in [-0.39, 0.29) is 0 Å². The maximum absolute atomic E-state index is 9.30. The van der Waals surface area contributed by atoms with Gasteiger partial charge in [-0.3, -0.25) is 0 Å². The highest BCUT2D eigenvalue weighted by Gasteiger charge is 2.13. The largest absolute Gasteiger partial charge is 0.488 e. The maximum atomic E-state index is 9.30. The van der Waals surface area contributed by atoms with E-state index in [2.05, 4.69) is 38.1 Å². The normalized spacial score (nSPS) is 10.7. The van der Waals surface area contributed by atoms with Gasteiger partial charge in [0.2, 0.25) is 0 Å². The van der Waals surface area contributed by atoms with E-state index >= 15 is 0 Å². The molecule has 0 fully saturated rings. The summed E-state index contributed by atoms with van der Waals surface area (Å²) < 4.78 is 0. The van der Waals surface area contributed by atoms with Gasteiger partial charge in [0.25, 0.3) is 0 Å². The van der Waals surface area contributed by atoms with Crippen molar-refractivity contribution in [2.24, 2.45) is 0 Å². The number of aryl methyl sites for hydroxylation is 2. The van der Waals surface area contributed by atoms with Crippen LogP contribution in [0.4, 0.5) is 0 Å². The molecule has 2 nitrogen and oxygen atoms in total. The maximum Gasteiger partial charge on any atom is 0.488 e. The van der Waals surface area contributed by atoms with Crippen LogP contribution in [-0.2, 0) is 12.8 Å². The van der Waals surface area contributed by atoms with Crippen molar-refractivity contribution in [1.82, 2.24) is 0 Å². The monoisotopic (exact) mass is 296 g/mol. The molecule has 2 N–H and O–H groups in total. The molecular formula is C19H25BO2. The molecule has 116 valence electrons. The first-order chi connectivity index (χ1) is 10.7. The Labute approximate surface area is 134 Å². The molecule has 3 heteroatoms. The summed E-state index contributed by atoms with van der Waals surface area (Å²) in [5.74, 6) is 0. The second kappa shape index (κ2) is 8.16. The molecule has 2 rings (SSSR count). The van der Waals surface area contributed by atoms with Crippen molar-refractivity contribution >= 4 is 12.6 Å². The Balaban J connectivity index is 2.20. The van der Waals surface area contributed by atoms with E-state index in [4.69, 9.17) is 0 Å². The van der Waals surface area contributed by atoms with Gasteiger partial charge in [-0.1, -0.05) is 69.2 Å². The molecule has 22 heavy (non-hydrogen) atoms. The molecule has 2 aromatic carbocycles. The van der Waals surface area contributed by atoms with Crippen LogP contribution in [0.3, 0.4) is 0 Å². The topological polar surface area (TPSA) is 40.5 Å². The van der Waals surface area contributed by atoms with Gasteiger partial charge in [-0.2, -0.15) is 0 Å². The van der Waals surface area contributed by atoms with Crippen LogP contribution >= 0.6 is 0 Å². The average Bonchev–Trinajstić information content (AvgIpc) is 2.55. The first-order valence-electron chi connectivity index (χ1n) is 8.24. The molecule has 0 bridgehead atoms. The van der Waals surface area contributed by atoms with Crippen LogP contribution in [-0.4, -0.2) is 17.2 Å². The second-order valence-corrected chi connectivity index (χ2v) is 5.80. The van der Waals surface area contributed by atoms with Crippen LogP contribution in [0, 0.1) is 0 Å². The van der Waals surface area contributed by atoms with E-state index in [9.17, 15) is 10.0 Å². The number of rotatable bonds is 7. The number of hydrogen-bond donors (Lipinski definition) is 2. The lowest BCUT2D eigenvalue weighted by atomic mass is 9.78. The summed E-state index contributed by atoms with van der Waals surface area (Å²) in [5, 5.41) is 18.6. The Kier molecular flexibility index (Phi) is 6.23. The van der Waals surface area contributed by atoms with Crippen LogP contribution in [0.1, 0.15) is 44.2 Å². The highest BCUT2D eigenvalue weighted by Crippen LogP contribution is 2.24. The zero-order valence-electron chi connectivity index (χ0n) is 13.5. The molecule has 0 atom stereocenters. The van der Waals surface area contributed by atoms with Gasteiger partial charge in [0.1, 0.15) is 0 Å². The van der Waals surface area contributed by atoms with Crippen LogP contribution < -0.4 is 5.46 Å². The van der Waals surface area contributed by atoms with Crippen LogP contribution in [0.5, 0.6) is 0 Å². The van der Waals surface area contributed by atoms with E-state index in [0.29, 0.717) is 5.46 Å². The first kappa shape index (κ1) is 16.8. The summed E-state index contributed by atoms with van der Waals surface area (Å²) in [7, 11) is -1.40. The molecule has 0 heterocycles. The molecular weight excluding hydrogens is 271 g/mol. The van der Waals surface area contributed by atoms with Gasteiger partial charge in [-0.05, 0) is 47.0 Å². The fourth-order valence-electron chi connectivity index (χ4n) is 2.78. The molecule has 0 saturated carbocycles. The molecule has 0 aliphatic heterocycles. The van der Waals surface area contributed by atoms with Gasteiger partial charge in [0, 0.05) is 0 Å². The van der Waals surface area contributed by atoms with Gasteiger partial charge in [0.15, 0.2) is 0 Å². The highest BCUT2D eigenvalue weighted by molar-refractivity contribution is 6.58.